The van der Waals surface area contributed by atoms with Crippen molar-refractivity contribution in [2.75, 3.05) is 19.5 Å². The second-order valence-corrected chi connectivity index (χ2v) is 4.86. The Morgan fingerprint density at radius 2 is 1.95 bits per heavy atom. The highest BCUT2D eigenvalue weighted by molar-refractivity contribution is 5.92. The zero-order valence-corrected chi connectivity index (χ0v) is 13.1. The van der Waals surface area contributed by atoms with E-state index >= 15 is 0 Å². The van der Waals surface area contributed by atoms with Crippen LogP contribution in [-0.2, 0) is 6.54 Å². The quantitative estimate of drug-likeness (QED) is 0.658. The number of hydrogen-bond donors (Lipinski definition) is 2. The van der Waals surface area contributed by atoms with Crippen LogP contribution < -0.4 is 20.5 Å². The van der Waals surface area contributed by atoms with Crippen LogP contribution in [0.1, 0.15) is 11.1 Å². The third-order valence-electron chi connectivity index (χ3n) is 3.23. The molecule has 3 N–H and O–H groups in total. The number of methoxy groups -OCH3 is 2. The van der Waals surface area contributed by atoms with Gasteiger partial charge < -0.3 is 20.5 Å². The fourth-order valence-corrected chi connectivity index (χ4v) is 2.10. The van der Waals surface area contributed by atoms with Crippen LogP contribution in [0.15, 0.2) is 47.5 Å². The van der Waals surface area contributed by atoms with Crippen molar-refractivity contribution >= 4 is 11.6 Å². The van der Waals surface area contributed by atoms with Gasteiger partial charge in [-0.25, -0.2) is 4.99 Å². The molecule has 22 heavy (non-hydrogen) atoms. The molecule has 5 heteroatoms. The summed E-state index contributed by atoms with van der Waals surface area (Å²) in [4.78, 5) is 4.34. The first-order valence-corrected chi connectivity index (χ1v) is 6.97. The number of aryl methyl sites for hydroxylation is 1. The summed E-state index contributed by atoms with van der Waals surface area (Å²) in [5, 5.41) is 3.05. The number of benzene rings is 2. The summed E-state index contributed by atoms with van der Waals surface area (Å²) in [5.41, 5.74) is 8.91. The van der Waals surface area contributed by atoms with E-state index < -0.39 is 0 Å². The van der Waals surface area contributed by atoms with Gasteiger partial charge >= 0.3 is 0 Å². The molecule has 0 saturated heterocycles. The van der Waals surface area contributed by atoms with Crippen molar-refractivity contribution in [1.82, 2.24) is 0 Å². The number of anilines is 1. The van der Waals surface area contributed by atoms with Crippen LogP contribution in [0.5, 0.6) is 11.5 Å². The topological polar surface area (TPSA) is 68.9 Å². The maximum absolute atomic E-state index is 5.91. The molecule has 0 bridgehead atoms. The highest BCUT2D eigenvalue weighted by Gasteiger charge is 2.01. The molecule has 0 aliphatic carbocycles. The lowest BCUT2D eigenvalue weighted by Gasteiger charge is -2.08. The third kappa shape index (κ3) is 4.15. The van der Waals surface area contributed by atoms with Gasteiger partial charge in [-0.3, -0.25) is 0 Å². The number of nitrogens with zero attached hydrogens (tertiary/aromatic N) is 1. The molecule has 0 spiro atoms. The average molecular weight is 299 g/mol. The first-order valence-electron chi connectivity index (χ1n) is 6.97. The van der Waals surface area contributed by atoms with Crippen molar-refractivity contribution in [2.45, 2.75) is 13.5 Å². The van der Waals surface area contributed by atoms with E-state index in [2.05, 4.69) is 10.3 Å². The summed E-state index contributed by atoms with van der Waals surface area (Å²) in [6.45, 7) is 2.51. The molecule has 5 nitrogen and oxygen atoms in total. The normalized spacial score (nSPS) is 11.1. The maximum atomic E-state index is 5.91. The Bertz CT molecular complexity index is 669. The molecule has 0 radical (unpaired) electrons. The Kier molecular flexibility index (Phi) is 5.25. The van der Waals surface area contributed by atoms with E-state index in [9.17, 15) is 0 Å². The number of nitrogens with one attached hydrogen (secondary N) is 1. The molecule has 2 aromatic carbocycles. The monoisotopic (exact) mass is 299 g/mol. The molecule has 2 aromatic rings. The van der Waals surface area contributed by atoms with Gasteiger partial charge in [-0.1, -0.05) is 18.2 Å². The summed E-state index contributed by atoms with van der Waals surface area (Å²) < 4.78 is 10.4. The van der Waals surface area contributed by atoms with Gasteiger partial charge in [0.05, 0.1) is 20.8 Å². The zero-order chi connectivity index (χ0) is 15.9. The van der Waals surface area contributed by atoms with Crippen LogP contribution >= 0.6 is 0 Å². The minimum Gasteiger partial charge on any atom is -0.497 e. The Labute approximate surface area is 130 Å². The lowest BCUT2D eigenvalue weighted by Crippen LogP contribution is -2.22. The summed E-state index contributed by atoms with van der Waals surface area (Å²) in [6.07, 6.45) is 0. The van der Waals surface area contributed by atoms with Crippen molar-refractivity contribution in [1.29, 1.82) is 0 Å². The van der Waals surface area contributed by atoms with Crippen molar-refractivity contribution < 1.29 is 9.47 Å². The van der Waals surface area contributed by atoms with E-state index in [1.165, 1.54) is 0 Å². The number of hydrogen-bond acceptors (Lipinski definition) is 3. The van der Waals surface area contributed by atoms with E-state index in [1.54, 1.807) is 14.2 Å². The van der Waals surface area contributed by atoms with Crippen molar-refractivity contribution in [3.63, 3.8) is 0 Å². The number of guanidine groups is 1. The number of aliphatic imine (C=N–C) groups is 1. The SMILES string of the molecule is COc1cccc(NC(N)=NCc2ccc(OC)c(C)c2)c1. The third-order valence-corrected chi connectivity index (χ3v) is 3.23. The van der Waals surface area contributed by atoms with Crippen molar-refractivity contribution in [2.24, 2.45) is 10.7 Å². The fourth-order valence-electron chi connectivity index (χ4n) is 2.10. The van der Waals surface area contributed by atoms with Gasteiger partial charge in [0.1, 0.15) is 11.5 Å². The smallest absolute Gasteiger partial charge is 0.193 e. The van der Waals surface area contributed by atoms with Crippen LogP contribution in [0, 0.1) is 6.92 Å². The lowest BCUT2D eigenvalue weighted by molar-refractivity contribution is 0.411. The molecule has 2 rings (SSSR count). The molecule has 0 unspecified atom stereocenters. The van der Waals surface area contributed by atoms with Crippen molar-refractivity contribution in [3.05, 3.63) is 53.6 Å². The lowest BCUT2D eigenvalue weighted by atomic mass is 10.1. The minimum absolute atomic E-state index is 0.363. The fraction of sp³-hybridized carbons (Fsp3) is 0.235. The van der Waals surface area contributed by atoms with Crippen LogP contribution in [-0.4, -0.2) is 20.2 Å². The highest BCUT2D eigenvalue weighted by Crippen LogP contribution is 2.19. The summed E-state index contributed by atoms with van der Waals surface area (Å²) in [5.74, 6) is 2.00. The Balaban J connectivity index is 2.01. The van der Waals surface area contributed by atoms with Crippen LogP contribution in [0.3, 0.4) is 0 Å². The van der Waals surface area contributed by atoms with Gasteiger partial charge in [-0.05, 0) is 36.2 Å². The number of rotatable bonds is 5. The Hall–Kier alpha value is -2.69. The molecule has 0 aliphatic heterocycles. The van der Waals surface area contributed by atoms with E-state index in [0.717, 1.165) is 28.3 Å². The zero-order valence-electron chi connectivity index (χ0n) is 13.1. The Morgan fingerprint density at radius 1 is 1.14 bits per heavy atom. The predicted octanol–water partition coefficient (Wildman–Crippen LogP) is 2.94. The summed E-state index contributed by atoms with van der Waals surface area (Å²) in [7, 11) is 3.29. The largest absolute Gasteiger partial charge is 0.497 e. The molecule has 0 aliphatic rings. The first kappa shape index (κ1) is 15.7. The van der Waals surface area contributed by atoms with E-state index in [0.29, 0.717) is 12.5 Å². The van der Waals surface area contributed by atoms with E-state index in [4.69, 9.17) is 15.2 Å². The van der Waals surface area contributed by atoms with Gasteiger partial charge in [0, 0.05) is 11.8 Å². The van der Waals surface area contributed by atoms with E-state index in [1.807, 2.05) is 49.4 Å². The molecule has 0 atom stereocenters. The van der Waals surface area contributed by atoms with Crippen LogP contribution in [0.4, 0.5) is 5.69 Å². The molecule has 116 valence electrons. The highest BCUT2D eigenvalue weighted by atomic mass is 16.5. The van der Waals surface area contributed by atoms with Gasteiger partial charge in [0.2, 0.25) is 0 Å². The van der Waals surface area contributed by atoms with E-state index in [-0.39, 0.29) is 0 Å². The standard InChI is InChI=1S/C17H21N3O2/c1-12-9-13(7-8-16(12)22-3)11-19-17(18)20-14-5-4-6-15(10-14)21-2/h4-10H,11H2,1-3H3,(H3,18,19,20). The minimum atomic E-state index is 0.363. The van der Waals surface area contributed by atoms with Crippen LogP contribution in [0.2, 0.25) is 0 Å². The van der Waals surface area contributed by atoms with Gasteiger partial charge in [0.25, 0.3) is 0 Å². The van der Waals surface area contributed by atoms with Gasteiger partial charge in [-0.15, -0.1) is 0 Å². The predicted molar refractivity (Wildman–Crippen MR) is 89.7 cm³/mol. The first-order chi connectivity index (χ1) is 10.6. The molecule has 0 amide bonds. The molecule has 0 saturated carbocycles. The molecule has 0 aromatic heterocycles. The van der Waals surface area contributed by atoms with Crippen LogP contribution in [0.25, 0.3) is 0 Å². The second-order valence-electron chi connectivity index (χ2n) is 4.86. The second kappa shape index (κ2) is 7.36. The van der Waals surface area contributed by atoms with Crippen molar-refractivity contribution in [3.8, 4) is 11.5 Å². The Morgan fingerprint density at radius 3 is 2.64 bits per heavy atom. The maximum Gasteiger partial charge on any atom is 0.193 e. The van der Waals surface area contributed by atoms with Gasteiger partial charge in [-0.2, -0.15) is 0 Å². The molecule has 0 fully saturated rings. The number of ether oxygens (including phenoxy) is 2. The molecule has 0 heterocycles. The van der Waals surface area contributed by atoms with Gasteiger partial charge in [0.15, 0.2) is 5.96 Å². The summed E-state index contributed by atoms with van der Waals surface area (Å²) in [6, 6.07) is 13.5. The summed E-state index contributed by atoms with van der Waals surface area (Å²) >= 11 is 0. The average Bonchev–Trinajstić information content (AvgIpc) is 2.53. The molecular weight excluding hydrogens is 278 g/mol. The number of nitrogens with two attached hydrogens (primary N) is 1. The molecular formula is C17H21N3O2.